The van der Waals surface area contributed by atoms with E-state index in [4.69, 9.17) is 0 Å². The molecule has 0 fully saturated rings. The minimum atomic E-state index is 0.672. The van der Waals surface area contributed by atoms with Gasteiger partial charge in [-0.15, -0.1) is 0 Å². The van der Waals surface area contributed by atoms with Crippen molar-refractivity contribution in [3.05, 3.63) is 36.0 Å². The quantitative estimate of drug-likeness (QED) is 0.832. The van der Waals surface area contributed by atoms with E-state index in [2.05, 4.69) is 47.7 Å². The number of nitrogens with one attached hydrogen (secondary N) is 2. The van der Waals surface area contributed by atoms with E-state index in [0.29, 0.717) is 5.25 Å². The number of hydrogen-bond donors (Lipinski definition) is 2. The van der Waals surface area contributed by atoms with Gasteiger partial charge in [-0.25, -0.2) is 0 Å². The molecule has 2 nitrogen and oxygen atoms in total. The molecule has 0 amide bonds. The molecule has 1 aromatic carbocycles. The molecule has 1 heterocycles. The Morgan fingerprint density at radius 3 is 3.06 bits per heavy atom. The van der Waals surface area contributed by atoms with Crippen LogP contribution in [0.1, 0.15) is 12.5 Å². The third-order valence-corrected chi connectivity index (χ3v) is 3.81. The lowest BCUT2D eigenvalue weighted by atomic mass is 10.1. The van der Waals surface area contributed by atoms with Crippen molar-refractivity contribution in [2.45, 2.75) is 18.7 Å². The summed E-state index contributed by atoms with van der Waals surface area (Å²) < 4.78 is 0. The third kappa shape index (κ3) is 2.60. The third-order valence-electron chi connectivity index (χ3n) is 2.83. The molecular weight excluding hydrogens is 216 g/mol. The van der Waals surface area contributed by atoms with Gasteiger partial charge in [0.25, 0.3) is 0 Å². The lowest BCUT2D eigenvalue weighted by molar-refractivity contribution is 0.687. The summed E-state index contributed by atoms with van der Waals surface area (Å²) in [6.07, 6.45) is 4.15. The Hall–Kier alpha value is -0.930. The molecule has 0 bridgehead atoms. The molecule has 0 aliphatic rings. The van der Waals surface area contributed by atoms with Gasteiger partial charge in [-0.1, -0.05) is 19.1 Å². The van der Waals surface area contributed by atoms with Crippen LogP contribution in [0.15, 0.2) is 30.5 Å². The summed E-state index contributed by atoms with van der Waals surface area (Å²) in [7, 11) is 0. The monoisotopic (exact) mass is 234 g/mol. The standard InChI is InChI=1S/C13H18N2S/c1-10(16-2)8-14-9-11-4-3-5-13-12(11)6-7-15-13/h3-7,10,14-15H,8-9H2,1-2H3. The van der Waals surface area contributed by atoms with E-state index in [-0.39, 0.29) is 0 Å². The number of benzene rings is 1. The van der Waals surface area contributed by atoms with E-state index < -0.39 is 0 Å². The summed E-state index contributed by atoms with van der Waals surface area (Å²) in [6, 6.07) is 8.55. The van der Waals surface area contributed by atoms with Crippen LogP contribution in [-0.4, -0.2) is 23.0 Å². The van der Waals surface area contributed by atoms with E-state index in [1.807, 2.05) is 18.0 Å². The van der Waals surface area contributed by atoms with Crippen LogP contribution in [0.25, 0.3) is 10.9 Å². The van der Waals surface area contributed by atoms with Gasteiger partial charge in [0, 0.05) is 35.4 Å². The Morgan fingerprint density at radius 1 is 1.38 bits per heavy atom. The maximum atomic E-state index is 3.50. The van der Waals surface area contributed by atoms with E-state index in [1.165, 1.54) is 16.5 Å². The van der Waals surface area contributed by atoms with E-state index >= 15 is 0 Å². The van der Waals surface area contributed by atoms with Crippen LogP contribution in [0.2, 0.25) is 0 Å². The largest absolute Gasteiger partial charge is 0.361 e. The first-order valence-corrected chi connectivity index (χ1v) is 6.88. The van der Waals surface area contributed by atoms with Crippen LogP contribution in [0.4, 0.5) is 0 Å². The minimum Gasteiger partial charge on any atom is -0.361 e. The van der Waals surface area contributed by atoms with Gasteiger partial charge in [-0.3, -0.25) is 0 Å². The fourth-order valence-electron chi connectivity index (χ4n) is 1.80. The van der Waals surface area contributed by atoms with Crippen LogP contribution in [0.5, 0.6) is 0 Å². The van der Waals surface area contributed by atoms with Gasteiger partial charge in [-0.2, -0.15) is 11.8 Å². The zero-order chi connectivity index (χ0) is 11.4. The van der Waals surface area contributed by atoms with Gasteiger partial charge in [0.1, 0.15) is 0 Å². The predicted octanol–water partition coefficient (Wildman–Crippen LogP) is 3.01. The molecular formula is C13H18N2S. The van der Waals surface area contributed by atoms with Gasteiger partial charge in [-0.05, 0) is 24.0 Å². The van der Waals surface area contributed by atoms with E-state index in [0.717, 1.165) is 13.1 Å². The molecule has 0 aliphatic carbocycles. The van der Waals surface area contributed by atoms with Gasteiger partial charge in [0.05, 0.1) is 0 Å². The van der Waals surface area contributed by atoms with Gasteiger partial charge in [0.15, 0.2) is 0 Å². The Morgan fingerprint density at radius 2 is 2.25 bits per heavy atom. The van der Waals surface area contributed by atoms with Crippen LogP contribution in [0, 0.1) is 0 Å². The highest BCUT2D eigenvalue weighted by molar-refractivity contribution is 7.99. The highest BCUT2D eigenvalue weighted by Gasteiger charge is 2.02. The number of H-pyrrole nitrogens is 1. The molecule has 0 radical (unpaired) electrons. The average Bonchev–Trinajstić information content (AvgIpc) is 2.77. The van der Waals surface area contributed by atoms with Crippen molar-refractivity contribution in [3.63, 3.8) is 0 Å². The maximum absolute atomic E-state index is 3.50. The molecule has 0 aliphatic heterocycles. The van der Waals surface area contributed by atoms with Crippen molar-refractivity contribution in [1.82, 2.24) is 10.3 Å². The summed E-state index contributed by atoms with van der Waals surface area (Å²) in [5, 5.41) is 5.50. The lowest BCUT2D eigenvalue weighted by Crippen LogP contribution is -2.22. The summed E-state index contributed by atoms with van der Waals surface area (Å²) in [6.45, 7) is 4.25. The average molecular weight is 234 g/mol. The second kappa shape index (κ2) is 5.41. The Bertz CT molecular complexity index is 450. The number of aromatic nitrogens is 1. The molecule has 2 aromatic rings. The number of aromatic amines is 1. The zero-order valence-electron chi connectivity index (χ0n) is 9.79. The molecule has 16 heavy (non-hydrogen) atoms. The molecule has 2 N–H and O–H groups in total. The first kappa shape index (κ1) is 11.6. The first-order chi connectivity index (χ1) is 7.81. The molecule has 0 spiro atoms. The number of thioether (sulfide) groups is 1. The zero-order valence-corrected chi connectivity index (χ0v) is 10.6. The molecule has 3 heteroatoms. The summed E-state index contributed by atoms with van der Waals surface area (Å²) in [4.78, 5) is 3.24. The van der Waals surface area contributed by atoms with Crippen molar-refractivity contribution in [2.75, 3.05) is 12.8 Å². The minimum absolute atomic E-state index is 0.672. The first-order valence-electron chi connectivity index (χ1n) is 5.59. The molecule has 1 atom stereocenters. The van der Waals surface area contributed by atoms with Gasteiger partial charge < -0.3 is 10.3 Å². The van der Waals surface area contributed by atoms with Crippen molar-refractivity contribution >= 4 is 22.7 Å². The molecule has 1 unspecified atom stereocenters. The number of fused-ring (bicyclic) bond motifs is 1. The molecule has 2 rings (SSSR count). The highest BCUT2D eigenvalue weighted by atomic mass is 32.2. The Balaban J connectivity index is 2.01. The van der Waals surface area contributed by atoms with E-state index in [9.17, 15) is 0 Å². The molecule has 86 valence electrons. The number of hydrogen-bond acceptors (Lipinski definition) is 2. The molecule has 0 saturated heterocycles. The van der Waals surface area contributed by atoms with Crippen LogP contribution < -0.4 is 5.32 Å². The highest BCUT2D eigenvalue weighted by Crippen LogP contribution is 2.17. The van der Waals surface area contributed by atoms with Crippen LogP contribution in [-0.2, 0) is 6.54 Å². The van der Waals surface area contributed by atoms with Crippen LogP contribution in [0.3, 0.4) is 0 Å². The summed E-state index contributed by atoms with van der Waals surface area (Å²) >= 11 is 1.90. The van der Waals surface area contributed by atoms with Gasteiger partial charge >= 0.3 is 0 Å². The van der Waals surface area contributed by atoms with Gasteiger partial charge in [0.2, 0.25) is 0 Å². The van der Waals surface area contributed by atoms with E-state index in [1.54, 1.807) is 0 Å². The molecule has 1 aromatic heterocycles. The fraction of sp³-hybridized carbons (Fsp3) is 0.385. The normalized spacial score (nSPS) is 13.1. The SMILES string of the molecule is CSC(C)CNCc1cccc2[nH]ccc12. The molecule has 0 saturated carbocycles. The maximum Gasteiger partial charge on any atom is 0.0457 e. The number of rotatable bonds is 5. The second-order valence-electron chi connectivity index (χ2n) is 4.03. The van der Waals surface area contributed by atoms with Crippen LogP contribution >= 0.6 is 11.8 Å². The topological polar surface area (TPSA) is 27.8 Å². The van der Waals surface area contributed by atoms with Crippen molar-refractivity contribution in [1.29, 1.82) is 0 Å². The summed E-state index contributed by atoms with van der Waals surface area (Å²) in [5.74, 6) is 0. The smallest absolute Gasteiger partial charge is 0.0457 e. The Kier molecular flexibility index (Phi) is 3.91. The van der Waals surface area contributed by atoms with Crippen molar-refractivity contribution in [2.24, 2.45) is 0 Å². The summed E-state index contributed by atoms with van der Waals surface area (Å²) in [5.41, 5.74) is 2.59. The van der Waals surface area contributed by atoms with Crippen molar-refractivity contribution < 1.29 is 0 Å². The van der Waals surface area contributed by atoms with Crippen molar-refractivity contribution in [3.8, 4) is 0 Å². The second-order valence-corrected chi connectivity index (χ2v) is 5.31. The predicted molar refractivity (Wildman–Crippen MR) is 73.0 cm³/mol. The lowest BCUT2D eigenvalue weighted by Gasteiger charge is -2.10. The Labute approximate surface area is 101 Å². The fourth-order valence-corrected chi connectivity index (χ4v) is 2.08.